The Morgan fingerprint density at radius 2 is 1.96 bits per heavy atom. The van der Waals surface area contributed by atoms with E-state index in [1.807, 2.05) is 37.3 Å². The van der Waals surface area contributed by atoms with E-state index in [0.29, 0.717) is 35.7 Å². The highest BCUT2D eigenvalue weighted by Crippen LogP contribution is 2.49. The van der Waals surface area contributed by atoms with Crippen LogP contribution < -0.4 is 14.2 Å². The second kappa shape index (κ2) is 5.96. The Kier molecular flexibility index (Phi) is 3.75. The van der Waals surface area contributed by atoms with Crippen LogP contribution in [0.15, 0.2) is 48.6 Å². The van der Waals surface area contributed by atoms with Crippen LogP contribution in [0.2, 0.25) is 0 Å². The smallest absolute Gasteiger partial charge is 0.174 e. The molecule has 0 aliphatic carbocycles. The lowest BCUT2D eigenvalue weighted by molar-refractivity contribution is 0.0843. The second-order valence-electron chi connectivity index (χ2n) is 6.56. The van der Waals surface area contributed by atoms with Crippen LogP contribution >= 0.6 is 0 Å². The Bertz CT molecular complexity index is 854. The average Bonchev–Trinajstić information content (AvgIpc) is 3.06. The molecule has 2 unspecified atom stereocenters. The fourth-order valence-corrected chi connectivity index (χ4v) is 3.47. The number of Topliss-reactive ketones (excluding diaryl/α,β-unsaturated/α-hetero) is 1. The summed E-state index contributed by atoms with van der Waals surface area (Å²) in [5, 5.41) is 0. The summed E-state index contributed by atoms with van der Waals surface area (Å²) in [5.74, 6) is 1.86. The van der Waals surface area contributed by atoms with Gasteiger partial charge in [0.05, 0.1) is 13.5 Å². The largest absolute Gasteiger partial charge is 0.496 e. The molecular weight excluding hydrogens is 316 g/mol. The van der Waals surface area contributed by atoms with Gasteiger partial charge in [0.2, 0.25) is 0 Å². The topological polar surface area (TPSA) is 44.8 Å². The molecule has 0 amide bonds. The van der Waals surface area contributed by atoms with Gasteiger partial charge in [-0.25, -0.2) is 0 Å². The quantitative estimate of drug-likeness (QED) is 0.785. The number of methoxy groups -OCH3 is 1. The summed E-state index contributed by atoms with van der Waals surface area (Å²) in [6.45, 7) is 5.93. The van der Waals surface area contributed by atoms with E-state index >= 15 is 0 Å². The van der Waals surface area contributed by atoms with E-state index in [-0.39, 0.29) is 18.0 Å². The maximum absolute atomic E-state index is 12.8. The Labute approximate surface area is 147 Å². The molecule has 0 saturated heterocycles. The molecule has 0 fully saturated rings. The SMILES string of the molecule is C=C(C)C1Cc2c(cc(OC)c3c2OC(c2ccccc2)CC3=O)O1. The van der Waals surface area contributed by atoms with Gasteiger partial charge in [0.15, 0.2) is 5.78 Å². The van der Waals surface area contributed by atoms with E-state index in [4.69, 9.17) is 14.2 Å². The number of rotatable bonds is 3. The van der Waals surface area contributed by atoms with Crippen molar-refractivity contribution in [2.75, 3.05) is 7.11 Å². The first kappa shape index (κ1) is 15.8. The summed E-state index contributed by atoms with van der Waals surface area (Å²) in [4.78, 5) is 12.8. The van der Waals surface area contributed by atoms with Crippen molar-refractivity contribution in [3.05, 3.63) is 65.2 Å². The maximum atomic E-state index is 12.8. The van der Waals surface area contributed by atoms with Crippen molar-refractivity contribution in [1.29, 1.82) is 0 Å². The zero-order valence-corrected chi connectivity index (χ0v) is 14.4. The monoisotopic (exact) mass is 336 g/mol. The maximum Gasteiger partial charge on any atom is 0.174 e. The molecule has 128 valence electrons. The summed E-state index contributed by atoms with van der Waals surface area (Å²) < 4.78 is 17.7. The van der Waals surface area contributed by atoms with Crippen LogP contribution in [0, 0.1) is 0 Å². The molecular formula is C21H20O4. The summed E-state index contributed by atoms with van der Waals surface area (Å²) >= 11 is 0. The molecule has 0 saturated carbocycles. The molecule has 2 aliphatic heterocycles. The van der Waals surface area contributed by atoms with Gasteiger partial charge in [-0.1, -0.05) is 36.9 Å². The predicted octanol–water partition coefficient (Wildman–Crippen LogP) is 4.28. The fourth-order valence-electron chi connectivity index (χ4n) is 3.47. The van der Waals surface area contributed by atoms with Crippen molar-refractivity contribution in [3.63, 3.8) is 0 Å². The van der Waals surface area contributed by atoms with Gasteiger partial charge in [-0.2, -0.15) is 0 Å². The molecule has 0 radical (unpaired) electrons. The lowest BCUT2D eigenvalue weighted by atomic mass is 9.92. The van der Waals surface area contributed by atoms with E-state index in [1.165, 1.54) is 0 Å². The van der Waals surface area contributed by atoms with Gasteiger partial charge in [-0.3, -0.25) is 4.79 Å². The highest BCUT2D eigenvalue weighted by molar-refractivity contribution is 6.03. The molecule has 2 aromatic rings. The number of hydrogen-bond acceptors (Lipinski definition) is 4. The van der Waals surface area contributed by atoms with Crippen LogP contribution in [0.1, 0.15) is 40.9 Å². The van der Waals surface area contributed by atoms with Crippen molar-refractivity contribution in [2.45, 2.75) is 32.0 Å². The number of ketones is 1. The zero-order chi connectivity index (χ0) is 17.6. The molecule has 0 bridgehead atoms. The van der Waals surface area contributed by atoms with Gasteiger partial charge in [0, 0.05) is 18.1 Å². The minimum atomic E-state index is -0.290. The standard InChI is InChI=1S/C21H20O4/c1-12(2)16-9-14-18(24-16)11-19(23-3)20-15(22)10-17(25-21(14)20)13-7-5-4-6-8-13/h4-8,11,16-17H,1,9-10H2,2-3H3. The van der Waals surface area contributed by atoms with Gasteiger partial charge < -0.3 is 14.2 Å². The third-order valence-electron chi connectivity index (χ3n) is 4.82. The molecule has 0 aromatic heterocycles. The van der Waals surface area contributed by atoms with Gasteiger partial charge >= 0.3 is 0 Å². The normalized spacial score (nSPS) is 21.0. The first-order valence-electron chi connectivity index (χ1n) is 8.39. The Morgan fingerprint density at radius 3 is 2.64 bits per heavy atom. The van der Waals surface area contributed by atoms with Gasteiger partial charge in [0.25, 0.3) is 0 Å². The van der Waals surface area contributed by atoms with E-state index in [2.05, 4.69) is 6.58 Å². The second-order valence-corrected chi connectivity index (χ2v) is 6.56. The molecule has 4 rings (SSSR count). The van der Waals surface area contributed by atoms with Gasteiger partial charge in [-0.15, -0.1) is 0 Å². The third kappa shape index (κ3) is 2.58. The van der Waals surface area contributed by atoms with Crippen LogP contribution in [-0.2, 0) is 6.42 Å². The van der Waals surface area contributed by atoms with E-state index in [1.54, 1.807) is 13.2 Å². The molecule has 2 atom stereocenters. The fraction of sp³-hybridized carbons (Fsp3) is 0.286. The average molecular weight is 336 g/mol. The van der Waals surface area contributed by atoms with Crippen LogP contribution in [0.4, 0.5) is 0 Å². The van der Waals surface area contributed by atoms with Crippen molar-refractivity contribution in [3.8, 4) is 17.2 Å². The molecule has 4 nitrogen and oxygen atoms in total. The number of hydrogen-bond donors (Lipinski definition) is 0. The minimum absolute atomic E-state index is 0.0357. The number of carbonyl (C=O) groups excluding carboxylic acids is 1. The van der Waals surface area contributed by atoms with Crippen LogP contribution in [-0.4, -0.2) is 19.0 Å². The van der Waals surface area contributed by atoms with Crippen LogP contribution in [0.5, 0.6) is 17.2 Å². The van der Waals surface area contributed by atoms with Crippen molar-refractivity contribution in [2.24, 2.45) is 0 Å². The van der Waals surface area contributed by atoms with Crippen molar-refractivity contribution < 1.29 is 19.0 Å². The summed E-state index contributed by atoms with van der Waals surface area (Å²) in [7, 11) is 1.56. The van der Waals surface area contributed by atoms with Crippen LogP contribution in [0.3, 0.4) is 0 Å². The summed E-state index contributed by atoms with van der Waals surface area (Å²) in [6, 6.07) is 11.6. The Morgan fingerprint density at radius 1 is 1.20 bits per heavy atom. The van der Waals surface area contributed by atoms with E-state index < -0.39 is 0 Å². The van der Waals surface area contributed by atoms with Crippen molar-refractivity contribution in [1.82, 2.24) is 0 Å². The van der Waals surface area contributed by atoms with Gasteiger partial charge in [0.1, 0.15) is 35.0 Å². The zero-order valence-electron chi connectivity index (χ0n) is 14.4. The van der Waals surface area contributed by atoms with E-state index in [0.717, 1.165) is 16.7 Å². The number of ether oxygens (including phenoxy) is 3. The first-order valence-corrected chi connectivity index (χ1v) is 8.39. The summed E-state index contributed by atoms with van der Waals surface area (Å²) in [6.07, 6.45) is 0.575. The third-order valence-corrected chi connectivity index (χ3v) is 4.82. The number of carbonyl (C=O) groups is 1. The molecule has 4 heteroatoms. The molecule has 2 aliphatic rings. The lowest BCUT2D eigenvalue weighted by Gasteiger charge is -2.28. The minimum Gasteiger partial charge on any atom is -0.496 e. The highest BCUT2D eigenvalue weighted by Gasteiger charge is 2.37. The van der Waals surface area contributed by atoms with Crippen molar-refractivity contribution >= 4 is 5.78 Å². The Balaban J connectivity index is 1.81. The number of benzene rings is 2. The Hall–Kier alpha value is -2.75. The number of fused-ring (bicyclic) bond motifs is 3. The molecule has 0 spiro atoms. The molecule has 0 N–H and O–H groups in total. The van der Waals surface area contributed by atoms with E-state index in [9.17, 15) is 4.79 Å². The molecule has 2 aromatic carbocycles. The molecule has 25 heavy (non-hydrogen) atoms. The lowest BCUT2D eigenvalue weighted by Crippen LogP contribution is -2.22. The summed E-state index contributed by atoms with van der Waals surface area (Å²) in [5.41, 5.74) is 3.40. The highest BCUT2D eigenvalue weighted by atomic mass is 16.5. The van der Waals surface area contributed by atoms with Gasteiger partial charge in [-0.05, 0) is 18.1 Å². The predicted molar refractivity (Wildman–Crippen MR) is 94.7 cm³/mol. The molecule has 2 heterocycles. The first-order chi connectivity index (χ1) is 12.1. The van der Waals surface area contributed by atoms with Crippen LogP contribution in [0.25, 0.3) is 0 Å².